The molecular weight excluding hydrogens is 272 g/mol. The van der Waals surface area contributed by atoms with Gasteiger partial charge in [0.05, 0.1) is 5.69 Å². The second-order valence-corrected chi connectivity index (χ2v) is 6.26. The molecule has 0 bridgehead atoms. The van der Waals surface area contributed by atoms with E-state index in [1.165, 1.54) is 29.5 Å². The molecule has 1 saturated heterocycles. The van der Waals surface area contributed by atoms with Crippen LogP contribution >= 0.6 is 0 Å². The van der Waals surface area contributed by atoms with E-state index in [0.29, 0.717) is 6.04 Å². The van der Waals surface area contributed by atoms with Crippen molar-refractivity contribution < 1.29 is 4.52 Å². The van der Waals surface area contributed by atoms with E-state index in [4.69, 9.17) is 4.52 Å². The molecule has 0 amide bonds. The Bertz CT molecular complexity index is 615. The maximum absolute atomic E-state index is 5.51. The first-order valence-corrected chi connectivity index (χ1v) is 8.49. The number of aromatic nitrogens is 1. The number of benzene rings is 1. The summed E-state index contributed by atoms with van der Waals surface area (Å²) in [5.41, 5.74) is 5.21. The number of likely N-dealkylation sites (tertiary alicyclic amines) is 1. The van der Waals surface area contributed by atoms with E-state index in [1.54, 1.807) is 0 Å². The largest absolute Gasteiger partial charge is 0.361 e. The maximum atomic E-state index is 5.51. The van der Waals surface area contributed by atoms with Crippen molar-refractivity contribution in [1.29, 1.82) is 0 Å². The number of aryl methyl sites for hydroxylation is 3. The fourth-order valence-corrected chi connectivity index (χ4v) is 3.56. The summed E-state index contributed by atoms with van der Waals surface area (Å²) in [7, 11) is 0. The van der Waals surface area contributed by atoms with Crippen molar-refractivity contribution in [1.82, 2.24) is 10.1 Å². The van der Waals surface area contributed by atoms with Gasteiger partial charge in [-0.25, -0.2) is 0 Å². The van der Waals surface area contributed by atoms with E-state index in [-0.39, 0.29) is 0 Å². The summed E-state index contributed by atoms with van der Waals surface area (Å²) in [6.07, 6.45) is 4.49. The van der Waals surface area contributed by atoms with Gasteiger partial charge in [-0.2, -0.15) is 0 Å². The van der Waals surface area contributed by atoms with Crippen LogP contribution in [0.15, 0.2) is 28.8 Å². The van der Waals surface area contributed by atoms with Crippen LogP contribution in [-0.2, 0) is 19.4 Å². The highest BCUT2D eigenvalue weighted by atomic mass is 16.5. The molecule has 3 nitrogen and oxygen atoms in total. The minimum absolute atomic E-state index is 0.465. The van der Waals surface area contributed by atoms with Gasteiger partial charge < -0.3 is 4.52 Å². The maximum Gasteiger partial charge on any atom is 0.141 e. The lowest BCUT2D eigenvalue weighted by molar-refractivity contribution is 0.245. The summed E-state index contributed by atoms with van der Waals surface area (Å²) < 4.78 is 5.51. The van der Waals surface area contributed by atoms with Gasteiger partial charge in [0.25, 0.3) is 0 Å². The van der Waals surface area contributed by atoms with E-state index in [2.05, 4.69) is 55.1 Å². The van der Waals surface area contributed by atoms with Crippen LogP contribution < -0.4 is 0 Å². The first-order valence-electron chi connectivity index (χ1n) is 8.49. The van der Waals surface area contributed by atoms with Gasteiger partial charge >= 0.3 is 0 Å². The molecule has 1 aromatic carbocycles. The molecule has 1 aromatic heterocycles. The number of rotatable bonds is 5. The van der Waals surface area contributed by atoms with Gasteiger partial charge in [0.15, 0.2) is 0 Å². The summed E-state index contributed by atoms with van der Waals surface area (Å²) in [4.78, 5) is 2.58. The molecule has 0 N–H and O–H groups in total. The number of hydrogen-bond acceptors (Lipinski definition) is 3. The molecule has 2 aromatic rings. The molecule has 22 heavy (non-hydrogen) atoms. The molecule has 1 aliphatic heterocycles. The van der Waals surface area contributed by atoms with Gasteiger partial charge in [-0.1, -0.05) is 43.3 Å². The summed E-state index contributed by atoms with van der Waals surface area (Å²) in [6.45, 7) is 8.60. The van der Waals surface area contributed by atoms with Gasteiger partial charge in [-0.05, 0) is 43.9 Å². The van der Waals surface area contributed by atoms with Gasteiger partial charge in [0, 0.05) is 24.6 Å². The van der Waals surface area contributed by atoms with Crippen LogP contribution in [0.4, 0.5) is 0 Å². The van der Waals surface area contributed by atoms with Crippen molar-refractivity contribution in [2.45, 2.75) is 59.0 Å². The van der Waals surface area contributed by atoms with Crippen molar-refractivity contribution in [2.24, 2.45) is 0 Å². The molecule has 0 unspecified atom stereocenters. The minimum atomic E-state index is 0.465. The fourth-order valence-electron chi connectivity index (χ4n) is 3.56. The van der Waals surface area contributed by atoms with E-state index in [9.17, 15) is 0 Å². The Morgan fingerprint density at radius 2 is 1.86 bits per heavy atom. The monoisotopic (exact) mass is 298 g/mol. The lowest BCUT2D eigenvalue weighted by atomic mass is 10.0. The molecule has 1 fully saturated rings. The molecule has 1 atom stereocenters. The zero-order valence-electron chi connectivity index (χ0n) is 13.9. The lowest BCUT2D eigenvalue weighted by Crippen LogP contribution is -2.23. The highest BCUT2D eigenvalue weighted by Gasteiger charge is 2.31. The molecule has 0 aliphatic carbocycles. The van der Waals surface area contributed by atoms with Crippen molar-refractivity contribution in [3.63, 3.8) is 0 Å². The lowest BCUT2D eigenvalue weighted by Gasteiger charge is -2.25. The topological polar surface area (TPSA) is 29.3 Å². The van der Waals surface area contributed by atoms with Gasteiger partial charge in [-0.3, -0.25) is 4.90 Å². The normalized spacial score (nSPS) is 19.0. The molecule has 0 radical (unpaired) electrons. The SMILES string of the molecule is CCc1ccc(CN2CCC[C@H]2c2c(C)noc2CC)cc1. The van der Waals surface area contributed by atoms with E-state index in [0.717, 1.165) is 37.4 Å². The van der Waals surface area contributed by atoms with Crippen LogP contribution in [0.25, 0.3) is 0 Å². The third kappa shape index (κ3) is 2.95. The number of nitrogens with zero attached hydrogens (tertiary/aromatic N) is 2. The Kier molecular flexibility index (Phi) is 4.63. The van der Waals surface area contributed by atoms with E-state index < -0.39 is 0 Å². The smallest absolute Gasteiger partial charge is 0.141 e. The summed E-state index contributed by atoms with van der Waals surface area (Å²) in [6, 6.07) is 9.52. The van der Waals surface area contributed by atoms with Crippen LogP contribution in [0.1, 0.15) is 60.9 Å². The first kappa shape index (κ1) is 15.3. The second-order valence-electron chi connectivity index (χ2n) is 6.26. The van der Waals surface area contributed by atoms with E-state index >= 15 is 0 Å². The second kappa shape index (κ2) is 6.66. The first-order chi connectivity index (χ1) is 10.7. The molecule has 0 saturated carbocycles. The molecule has 118 valence electrons. The van der Waals surface area contributed by atoms with Crippen LogP contribution in [0.3, 0.4) is 0 Å². The van der Waals surface area contributed by atoms with Crippen molar-refractivity contribution in [3.8, 4) is 0 Å². The van der Waals surface area contributed by atoms with Crippen molar-refractivity contribution in [3.05, 3.63) is 52.4 Å². The molecule has 3 heteroatoms. The highest BCUT2D eigenvalue weighted by molar-refractivity contribution is 5.28. The average Bonchev–Trinajstić information content (AvgIpc) is 3.14. The molecule has 2 heterocycles. The van der Waals surface area contributed by atoms with Crippen LogP contribution in [0.2, 0.25) is 0 Å². The average molecular weight is 298 g/mol. The predicted octanol–water partition coefficient (Wildman–Crippen LogP) is 4.44. The predicted molar refractivity (Wildman–Crippen MR) is 88.8 cm³/mol. The van der Waals surface area contributed by atoms with E-state index in [1.807, 2.05) is 0 Å². The zero-order valence-corrected chi connectivity index (χ0v) is 13.9. The Labute approximate surface area is 133 Å². The Morgan fingerprint density at radius 1 is 1.14 bits per heavy atom. The summed E-state index contributed by atoms with van der Waals surface area (Å²) in [5.74, 6) is 1.07. The van der Waals surface area contributed by atoms with Crippen molar-refractivity contribution >= 4 is 0 Å². The third-order valence-corrected chi connectivity index (χ3v) is 4.82. The molecule has 3 rings (SSSR count). The number of hydrogen-bond donors (Lipinski definition) is 0. The van der Waals surface area contributed by atoms with Crippen LogP contribution in [0.5, 0.6) is 0 Å². The molecular formula is C19H26N2O. The Hall–Kier alpha value is -1.61. The minimum Gasteiger partial charge on any atom is -0.361 e. The summed E-state index contributed by atoms with van der Waals surface area (Å²) >= 11 is 0. The third-order valence-electron chi connectivity index (χ3n) is 4.82. The Balaban J connectivity index is 1.79. The van der Waals surface area contributed by atoms with Crippen LogP contribution in [-0.4, -0.2) is 16.6 Å². The molecule has 1 aliphatic rings. The van der Waals surface area contributed by atoms with Crippen molar-refractivity contribution in [2.75, 3.05) is 6.54 Å². The van der Waals surface area contributed by atoms with Gasteiger partial charge in [-0.15, -0.1) is 0 Å². The quantitative estimate of drug-likeness (QED) is 0.817. The van der Waals surface area contributed by atoms with Gasteiger partial charge in [0.1, 0.15) is 5.76 Å². The molecule has 0 spiro atoms. The fraction of sp³-hybridized carbons (Fsp3) is 0.526. The highest BCUT2D eigenvalue weighted by Crippen LogP contribution is 2.36. The van der Waals surface area contributed by atoms with Crippen LogP contribution in [0, 0.1) is 6.92 Å². The standard InChI is InChI=1S/C19H26N2O/c1-4-15-8-10-16(11-9-15)13-21-12-6-7-17(21)19-14(3)20-22-18(19)5-2/h8-11,17H,4-7,12-13H2,1-3H3/t17-/m0/s1. The van der Waals surface area contributed by atoms with Gasteiger partial charge in [0.2, 0.25) is 0 Å². The Morgan fingerprint density at radius 3 is 2.55 bits per heavy atom. The summed E-state index contributed by atoms with van der Waals surface area (Å²) in [5, 5.41) is 4.19. The zero-order chi connectivity index (χ0) is 15.5.